The summed E-state index contributed by atoms with van der Waals surface area (Å²) in [5.74, 6) is -1.07. The van der Waals surface area contributed by atoms with Crippen LogP contribution in [-0.2, 0) is 11.2 Å². The molecule has 25 heavy (non-hydrogen) atoms. The van der Waals surface area contributed by atoms with Crippen molar-refractivity contribution in [3.05, 3.63) is 39.9 Å². The van der Waals surface area contributed by atoms with Gasteiger partial charge in [-0.2, -0.15) is 0 Å². The number of rotatable bonds is 6. The Morgan fingerprint density at radius 2 is 2.00 bits per heavy atom. The van der Waals surface area contributed by atoms with Crippen LogP contribution < -0.4 is 5.32 Å². The number of non-ortho nitro benzene ring substituents is 1. The lowest BCUT2D eigenvalue weighted by molar-refractivity contribution is -0.384. The third kappa shape index (κ3) is 5.44. The number of nitro groups is 1. The summed E-state index contributed by atoms with van der Waals surface area (Å²) in [6, 6.07) is 6.18. The normalized spacial score (nSPS) is 19.9. The Bertz CT molecular complexity index is 641. The van der Waals surface area contributed by atoms with Gasteiger partial charge in [0.05, 0.1) is 10.8 Å². The van der Waals surface area contributed by atoms with E-state index in [1.165, 1.54) is 12.1 Å². The van der Waals surface area contributed by atoms with Gasteiger partial charge >= 0.3 is 12.0 Å². The number of carbonyl (C=O) groups excluding carboxylic acids is 1. The molecule has 0 saturated heterocycles. The van der Waals surface area contributed by atoms with Crippen LogP contribution in [0.3, 0.4) is 0 Å². The van der Waals surface area contributed by atoms with E-state index in [0.717, 1.165) is 5.56 Å². The lowest BCUT2D eigenvalue weighted by atomic mass is 9.86. The first-order valence-corrected chi connectivity index (χ1v) is 8.34. The highest BCUT2D eigenvalue weighted by Crippen LogP contribution is 2.24. The van der Waals surface area contributed by atoms with Crippen molar-refractivity contribution in [1.82, 2.24) is 10.2 Å². The third-order valence-corrected chi connectivity index (χ3v) is 4.61. The van der Waals surface area contributed by atoms with E-state index in [-0.39, 0.29) is 23.7 Å². The Kier molecular flexibility index (Phi) is 6.32. The first-order chi connectivity index (χ1) is 11.9. The molecule has 0 radical (unpaired) electrons. The van der Waals surface area contributed by atoms with Crippen LogP contribution in [0.25, 0.3) is 0 Å². The average molecular weight is 349 g/mol. The molecule has 0 bridgehead atoms. The van der Waals surface area contributed by atoms with Crippen LogP contribution >= 0.6 is 0 Å². The number of nitro benzene ring substituents is 1. The molecular weight excluding hydrogens is 326 g/mol. The number of amides is 2. The molecule has 0 aromatic heterocycles. The van der Waals surface area contributed by atoms with E-state index in [2.05, 4.69) is 5.32 Å². The maximum absolute atomic E-state index is 12.2. The molecule has 0 spiro atoms. The Morgan fingerprint density at radius 3 is 2.60 bits per heavy atom. The minimum atomic E-state index is -0.765. The van der Waals surface area contributed by atoms with Gasteiger partial charge in [-0.05, 0) is 37.7 Å². The van der Waals surface area contributed by atoms with Crippen molar-refractivity contribution in [2.24, 2.45) is 5.92 Å². The summed E-state index contributed by atoms with van der Waals surface area (Å²) in [5.41, 5.74) is 0.843. The molecule has 0 heterocycles. The molecule has 1 aromatic rings. The molecule has 2 N–H and O–H groups in total. The molecule has 8 nitrogen and oxygen atoms in total. The van der Waals surface area contributed by atoms with Crippen molar-refractivity contribution in [2.45, 2.75) is 38.1 Å². The second-order valence-electron chi connectivity index (χ2n) is 6.43. The van der Waals surface area contributed by atoms with Crippen LogP contribution in [0, 0.1) is 16.0 Å². The number of benzene rings is 1. The van der Waals surface area contributed by atoms with Gasteiger partial charge in [0.2, 0.25) is 0 Å². The monoisotopic (exact) mass is 349 g/mol. The molecule has 1 aliphatic carbocycles. The quantitative estimate of drug-likeness (QED) is 0.605. The summed E-state index contributed by atoms with van der Waals surface area (Å²) < 4.78 is 0. The van der Waals surface area contributed by atoms with Crippen LogP contribution in [-0.4, -0.2) is 46.6 Å². The summed E-state index contributed by atoms with van der Waals surface area (Å²) in [6.07, 6.45) is 3.02. The summed E-state index contributed by atoms with van der Waals surface area (Å²) >= 11 is 0. The van der Waals surface area contributed by atoms with Crippen molar-refractivity contribution < 1.29 is 19.6 Å². The van der Waals surface area contributed by atoms with Crippen molar-refractivity contribution in [3.63, 3.8) is 0 Å². The molecule has 1 fully saturated rings. The van der Waals surface area contributed by atoms with Gasteiger partial charge < -0.3 is 15.3 Å². The molecule has 1 saturated carbocycles. The van der Waals surface area contributed by atoms with Gasteiger partial charge in [0.25, 0.3) is 5.69 Å². The smallest absolute Gasteiger partial charge is 0.317 e. The Balaban J connectivity index is 1.78. The largest absolute Gasteiger partial charge is 0.481 e. The molecule has 0 atom stereocenters. The Morgan fingerprint density at radius 1 is 1.32 bits per heavy atom. The molecular formula is C17H23N3O5. The number of hydrogen-bond acceptors (Lipinski definition) is 4. The van der Waals surface area contributed by atoms with Crippen molar-refractivity contribution >= 4 is 17.7 Å². The highest BCUT2D eigenvalue weighted by molar-refractivity contribution is 5.74. The number of carboxylic acids is 1. The molecule has 2 rings (SSSR count). The van der Waals surface area contributed by atoms with Crippen LogP contribution in [0.4, 0.5) is 10.5 Å². The number of nitrogens with one attached hydrogen (secondary N) is 1. The molecule has 1 aromatic carbocycles. The third-order valence-electron chi connectivity index (χ3n) is 4.61. The molecule has 0 unspecified atom stereocenters. The maximum Gasteiger partial charge on any atom is 0.317 e. The molecule has 2 amide bonds. The maximum atomic E-state index is 12.2. The highest BCUT2D eigenvalue weighted by Gasteiger charge is 2.27. The van der Waals surface area contributed by atoms with E-state index in [1.54, 1.807) is 24.1 Å². The lowest BCUT2D eigenvalue weighted by Gasteiger charge is -2.28. The van der Waals surface area contributed by atoms with Crippen molar-refractivity contribution in [3.8, 4) is 0 Å². The molecule has 1 aliphatic rings. The Labute approximate surface area is 146 Å². The first-order valence-electron chi connectivity index (χ1n) is 8.34. The SMILES string of the molecule is CN(CCc1cccc([N+](=O)[O-])c1)C(=O)NC1CCC(C(=O)O)CC1. The zero-order chi connectivity index (χ0) is 18.4. The minimum absolute atomic E-state index is 0.00311. The number of urea groups is 1. The van der Waals surface area contributed by atoms with Crippen molar-refractivity contribution in [1.29, 1.82) is 0 Å². The summed E-state index contributed by atoms with van der Waals surface area (Å²) in [7, 11) is 1.68. The summed E-state index contributed by atoms with van der Waals surface area (Å²) in [5, 5.41) is 22.7. The summed E-state index contributed by atoms with van der Waals surface area (Å²) in [6.45, 7) is 0.442. The second kappa shape index (κ2) is 8.46. The van der Waals surface area contributed by atoms with E-state index >= 15 is 0 Å². The van der Waals surface area contributed by atoms with Crippen molar-refractivity contribution in [2.75, 3.05) is 13.6 Å². The predicted octanol–water partition coefficient (Wildman–Crippen LogP) is 2.42. The average Bonchev–Trinajstić information content (AvgIpc) is 2.60. The number of nitrogens with zero attached hydrogens (tertiary/aromatic N) is 2. The molecule has 8 heteroatoms. The van der Waals surface area contributed by atoms with Crippen LogP contribution in [0.15, 0.2) is 24.3 Å². The zero-order valence-corrected chi connectivity index (χ0v) is 14.2. The van der Waals surface area contributed by atoms with E-state index in [1.807, 2.05) is 0 Å². The number of aliphatic carboxylic acids is 1. The second-order valence-corrected chi connectivity index (χ2v) is 6.43. The van der Waals surface area contributed by atoms with Gasteiger partial charge in [0.1, 0.15) is 0 Å². The van der Waals surface area contributed by atoms with E-state index in [4.69, 9.17) is 5.11 Å². The van der Waals surface area contributed by atoms with Gasteiger partial charge in [-0.15, -0.1) is 0 Å². The fourth-order valence-electron chi connectivity index (χ4n) is 2.99. The number of carboxylic acid groups (broad SMARTS) is 1. The standard InChI is InChI=1S/C17H23N3O5/c1-19(10-9-12-3-2-4-15(11-12)20(24)25)17(23)18-14-7-5-13(6-8-14)16(21)22/h2-4,11,13-14H,5-10H2,1H3,(H,18,23)(H,21,22). The predicted molar refractivity (Wildman–Crippen MR) is 91.3 cm³/mol. The molecule has 136 valence electrons. The van der Waals surface area contributed by atoms with Gasteiger partial charge in [-0.25, -0.2) is 4.79 Å². The fraction of sp³-hybridized carbons (Fsp3) is 0.529. The topological polar surface area (TPSA) is 113 Å². The highest BCUT2D eigenvalue weighted by atomic mass is 16.6. The fourth-order valence-corrected chi connectivity index (χ4v) is 2.99. The van der Waals surface area contributed by atoms with E-state index in [9.17, 15) is 19.7 Å². The Hall–Kier alpha value is -2.64. The number of hydrogen-bond donors (Lipinski definition) is 2. The molecule has 0 aliphatic heterocycles. The van der Waals surface area contributed by atoms with Crippen LogP contribution in [0.2, 0.25) is 0 Å². The van der Waals surface area contributed by atoms with E-state index < -0.39 is 10.9 Å². The van der Waals surface area contributed by atoms with Gasteiger partial charge in [-0.3, -0.25) is 14.9 Å². The van der Waals surface area contributed by atoms with Crippen LogP contribution in [0.5, 0.6) is 0 Å². The number of carbonyl (C=O) groups is 2. The van der Waals surface area contributed by atoms with Gasteiger partial charge in [0.15, 0.2) is 0 Å². The van der Waals surface area contributed by atoms with Crippen LogP contribution in [0.1, 0.15) is 31.2 Å². The zero-order valence-electron chi connectivity index (χ0n) is 14.2. The van der Waals surface area contributed by atoms with E-state index in [0.29, 0.717) is 38.6 Å². The number of likely N-dealkylation sites (N-methyl/N-ethyl adjacent to an activating group) is 1. The first kappa shape index (κ1) is 18.7. The van der Waals surface area contributed by atoms with Gasteiger partial charge in [0, 0.05) is 31.8 Å². The summed E-state index contributed by atoms with van der Waals surface area (Å²) in [4.78, 5) is 35.0. The van der Waals surface area contributed by atoms with Gasteiger partial charge in [-0.1, -0.05) is 12.1 Å². The minimum Gasteiger partial charge on any atom is -0.481 e. The lowest BCUT2D eigenvalue weighted by Crippen LogP contribution is -2.45.